The van der Waals surface area contributed by atoms with Crippen molar-refractivity contribution in [3.05, 3.63) is 111 Å². The third kappa shape index (κ3) is 5.45. The molecule has 1 amide bonds. The Hall–Kier alpha value is -5.80. The van der Waals surface area contributed by atoms with Crippen LogP contribution >= 0.6 is 0 Å². The summed E-state index contributed by atoms with van der Waals surface area (Å²) in [5, 5.41) is 25.4. The molecule has 210 valence electrons. The van der Waals surface area contributed by atoms with E-state index in [-0.39, 0.29) is 22.9 Å². The van der Waals surface area contributed by atoms with Crippen LogP contribution < -0.4 is 27.4 Å². The molecule has 2 aromatic heterocycles. The van der Waals surface area contributed by atoms with E-state index in [9.17, 15) is 14.9 Å². The van der Waals surface area contributed by atoms with Gasteiger partial charge in [-0.15, -0.1) is 0 Å². The number of rotatable bonds is 8. The van der Waals surface area contributed by atoms with Crippen LogP contribution in [0.3, 0.4) is 0 Å². The van der Waals surface area contributed by atoms with Crippen LogP contribution in [-0.4, -0.2) is 30.6 Å². The van der Waals surface area contributed by atoms with E-state index in [1.807, 2.05) is 43.3 Å². The van der Waals surface area contributed by atoms with Gasteiger partial charge in [-0.2, -0.15) is 10.2 Å². The van der Waals surface area contributed by atoms with Crippen LogP contribution in [0.5, 0.6) is 0 Å². The third-order valence-corrected chi connectivity index (χ3v) is 6.70. The maximum atomic E-state index is 14.2. The molecule has 0 aliphatic carbocycles. The standard InChI is InChI=1S/C30H27N9O3/c1-17-22(15-31)26(37-30(32)35-17)34-18(2)27-36-24-10-6-9-23(25(24)29(41)39(27)21-7-4-3-5-8-21)33-16-19-11-13-20(14-12-19)28(40)38-42/h3-14,18,33,42H,16H2,1-2H3,(H,38,40)(H3,32,34,35,37)/t18-/m0/s1. The van der Waals surface area contributed by atoms with E-state index in [1.54, 1.807) is 48.8 Å². The molecule has 0 saturated carbocycles. The molecule has 6 N–H and O–H groups in total. The molecule has 0 fully saturated rings. The van der Waals surface area contributed by atoms with Gasteiger partial charge in [0.1, 0.15) is 23.3 Å². The molecule has 42 heavy (non-hydrogen) atoms. The average molecular weight is 562 g/mol. The second kappa shape index (κ2) is 11.7. The smallest absolute Gasteiger partial charge is 0.274 e. The van der Waals surface area contributed by atoms with Crippen LogP contribution in [0.1, 0.15) is 46.0 Å². The molecule has 0 unspecified atom stereocenters. The Labute approximate surface area is 240 Å². The number of nitriles is 1. The van der Waals surface area contributed by atoms with Crippen molar-refractivity contribution in [1.82, 2.24) is 25.0 Å². The Morgan fingerprint density at radius 3 is 2.48 bits per heavy atom. The predicted molar refractivity (Wildman–Crippen MR) is 158 cm³/mol. The number of hydroxylamine groups is 1. The molecule has 0 bridgehead atoms. The van der Waals surface area contributed by atoms with Crippen molar-refractivity contribution >= 4 is 34.3 Å². The minimum absolute atomic E-state index is 0.0233. The number of carbonyl (C=O) groups is 1. The van der Waals surface area contributed by atoms with Crippen molar-refractivity contribution in [3.63, 3.8) is 0 Å². The van der Waals surface area contributed by atoms with Gasteiger partial charge in [0.15, 0.2) is 0 Å². The number of hydrogen-bond acceptors (Lipinski definition) is 10. The summed E-state index contributed by atoms with van der Waals surface area (Å²) in [4.78, 5) is 39.0. The van der Waals surface area contributed by atoms with Crippen molar-refractivity contribution in [2.45, 2.75) is 26.4 Å². The number of anilines is 3. The molecular formula is C30H27N9O3. The third-order valence-electron chi connectivity index (χ3n) is 6.70. The normalized spacial score (nSPS) is 11.5. The highest BCUT2D eigenvalue weighted by Gasteiger charge is 2.22. The molecule has 0 spiro atoms. The molecule has 12 heteroatoms. The van der Waals surface area contributed by atoms with E-state index in [1.165, 1.54) is 4.57 Å². The van der Waals surface area contributed by atoms with Gasteiger partial charge >= 0.3 is 0 Å². The lowest BCUT2D eigenvalue weighted by Crippen LogP contribution is -2.28. The van der Waals surface area contributed by atoms with Gasteiger partial charge in [0.25, 0.3) is 11.5 Å². The summed E-state index contributed by atoms with van der Waals surface area (Å²) in [5.41, 5.74) is 10.7. The first-order valence-corrected chi connectivity index (χ1v) is 13.0. The number of aromatic nitrogens is 4. The lowest BCUT2D eigenvalue weighted by Gasteiger charge is -2.21. The topological polar surface area (TPSA) is 184 Å². The van der Waals surface area contributed by atoms with Crippen LogP contribution in [0, 0.1) is 18.3 Å². The van der Waals surface area contributed by atoms with Crippen LogP contribution in [0.2, 0.25) is 0 Å². The zero-order chi connectivity index (χ0) is 29.8. The van der Waals surface area contributed by atoms with Gasteiger partial charge < -0.3 is 16.4 Å². The van der Waals surface area contributed by atoms with E-state index < -0.39 is 11.9 Å². The number of para-hydroxylation sites is 1. The van der Waals surface area contributed by atoms with Crippen molar-refractivity contribution in [1.29, 1.82) is 5.26 Å². The molecule has 3 aromatic carbocycles. The number of aryl methyl sites for hydroxylation is 1. The lowest BCUT2D eigenvalue weighted by molar-refractivity contribution is 0.0706. The number of carbonyl (C=O) groups excluding carboxylic acids is 1. The molecule has 0 radical (unpaired) electrons. The summed E-state index contributed by atoms with van der Waals surface area (Å²) in [6.45, 7) is 3.87. The first-order valence-electron chi connectivity index (χ1n) is 13.0. The van der Waals surface area contributed by atoms with Gasteiger partial charge in [0.2, 0.25) is 5.95 Å². The van der Waals surface area contributed by atoms with E-state index >= 15 is 0 Å². The van der Waals surface area contributed by atoms with E-state index in [2.05, 4.69) is 26.7 Å². The molecule has 12 nitrogen and oxygen atoms in total. The number of fused-ring (bicyclic) bond motifs is 1. The van der Waals surface area contributed by atoms with Crippen molar-refractivity contribution in [3.8, 4) is 11.8 Å². The van der Waals surface area contributed by atoms with Gasteiger partial charge in [-0.25, -0.2) is 15.4 Å². The maximum Gasteiger partial charge on any atom is 0.274 e. The second-order valence-electron chi connectivity index (χ2n) is 9.51. The van der Waals surface area contributed by atoms with E-state index in [4.69, 9.17) is 15.9 Å². The molecule has 1 atom stereocenters. The average Bonchev–Trinajstić information content (AvgIpc) is 3.00. The predicted octanol–water partition coefficient (Wildman–Crippen LogP) is 3.84. The highest BCUT2D eigenvalue weighted by atomic mass is 16.5. The summed E-state index contributed by atoms with van der Waals surface area (Å²) in [6.07, 6.45) is 0. The zero-order valence-corrected chi connectivity index (χ0v) is 22.8. The number of nitrogen functional groups attached to an aromatic ring is 1. The van der Waals surface area contributed by atoms with Gasteiger partial charge in [-0.05, 0) is 55.8 Å². The molecule has 5 aromatic rings. The summed E-state index contributed by atoms with van der Waals surface area (Å²) in [7, 11) is 0. The molecule has 0 aliphatic rings. The Morgan fingerprint density at radius 1 is 1.05 bits per heavy atom. The minimum atomic E-state index is -0.599. The molecular weight excluding hydrogens is 534 g/mol. The van der Waals surface area contributed by atoms with Gasteiger partial charge in [-0.3, -0.25) is 19.4 Å². The number of nitrogens with two attached hydrogens (primary N) is 1. The van der Waals surface area contributed by atoms with Crippen LogP contribution in [-0.2, 0) is 6.54 Å². The number of hydrogen-bond donors (Lipinski definition) is 5. The number of nitrogens with one attached hydrogen (secondary N) is 3. The zero-order valence-electron chi connectivity index (χ0n) is 22.8. The van der Waals surface area contributed by atoms with Crippen LogP contribution in [0.15, 0.2) is 77.6 Å². The fourth-order valence-electron chi connectivity index (χ4n) is 4.65. The fraction of sp³-hybridized carbons (Fsp3) is 0.133. The van der Waals surface area contributed by atoms with Crippen molar-refractivity contribution in [2.75, 3.05) is 16.4 Å². The summed E-state index contributed by atoms with van der Waals surface area (Å²) < 4.78 is 1.54. The summed E-state index contributed by atoms with van der Waals surface area (Å²) in [5.74, 6) is 0.0853. The van der Waals surface area contributed by atoms with Gasteiger partial charge in [-0.1, -0.05) is 36.4 Å². The van der Waals surface area contributed by atoms with Crippen molar-refractivity contribution < 1.29 is 10.0 Å². The number of benzene rings is 3. The highest BCUT2D eigenvalue weighted by molar-refractivity contribution is 5.93. The Kier molecular flexibility index (Phi) is 7.76. The Morgan fingerprint density at radius 2 is 1.79 bits per heavy atom. The quantitative estimate of drug-likeness (QED) is 0.138. The largest absolute Gasteiger partial charge is 0.380 e. The first kappa shape index (κ1) is 27.8. The number of amides is 1. The SMILES string of the molecule is Cc1nc(N)nc(N[C@@H](C)c2nc3cccc(NCc4ccc(C(=O)NO)cc4)c3c(=O)n2-c2ccccc2)c1C#N. The van der Waals surface area contributed by atoms with Crippen molar-refractivity contribution in [2.24, 2.45) is 0 Å². The summed E-state index contributed by atoms with van der Waals surface area (Å²) in [6, 6.07) is 22.8. The molecule has 5 rings (SSSR count). The maximum absolute atomic E-state index is 14.2. The second-order valence-corrected chi connectivity index (χ2v) is 9.51. The Balaban J connectivity index is 1.57. The van der Waals surface area contributed by atoms with Crippen LogP contribution in [0.4, 0.5) is 17.5 Å². The van der Waals surface area contributed by atoms with Gasteiger partial charge in [0, 0.05) is 17.8 Å². The van der Waals surface area contributed by atoms with E-state index in [0.29, 0.717) is 45.9 Å². The fourth-order valence-corrected chi connectivity index (χ4v) is 4.65. The lowest BCUT2D eigenvalue weighted by atomic mass is 10.1. The number of nitrogens with zero attached hydrogens (tertiary/aromatic N) is 5. The monoisotopic (exact) mass is 561 g/mol. The summed E-state index contributed by atoms with van der Waals surface area (Å²) >= 11 is 0. The van der Waals surface area contributed by atoms with Crippen LogP contribution in [0.25, 0.3) is 16.6 Å². The van der Waals surface area contributed by atoms with E-state index in [0.717, 1.165) is 5.56 Å². The molecule has 0 saturated heterocycles. The van der Waals surface area contributed by atoms with Gasteiger partial charge in [0.05, 0.1) is 28.3 Å². The molecule has 2 heterocycles. The first-order chi connectivity index (χ1) is 20.3. The highest BCUT2D eigenvalue weighted by Crippen LogP contribution is 2.26. The minimum Gasteiger partial charge on any atom is -0.380 e. The molecule has 0 aliphatic heterocycles. The Bertz CT molecular complexity index is 1880.